The average Bonchev–Trinajstić information content (AvgIpc) is 2.61. The molecule has 0 radical (unpaired) electrons. The van der Waals surface area contributed by atoms with E-state index in [0.29, 0.717) is 23.7 Å². The van der Waals surface area contributed by atoms with Crippen LogP contribution in [0.25, 0.3) is 6.08 Å². The maximum atomic E-state index is 13.0. The highest BCUT2D eigenvalue weighted by molar-refractivity contribution is 7.95. The van der Waals surface area contributed by atoms with Gasteiger partial charge in [0.1, 0.15) is 16.8 Å². The van der Waals surface area contributed by atoms with Crippen LogP contribution in [-0.4, -0.2) is 22.1 Å². The van der Waals surface area contributed by atoms with Gasteiger partial charge in [-0.3, -0.25) is 0 Å². The molecule has 0 unspecified atom stereocenters. The second kappa shape index (κ2) is 8.21. The van der Waals surface area contributed by atoms with Crippen LogP contribution in [-0.2, 0) is 9.84 Å². The topological polar surface area (TPSA) is 76.4 Å². The quantitative estimate of drug-likeness (QED) is 0.540. The van der Waals surface area contributed by atoms with Gasteiger partial charge >= 0.3 is 0 Å². The SMILES string of the molecule is CCOc1c(Cl)cc(/C=C(\C#N)S(=O)(=O)c2ccc(F)cc2)cc1OC. The molecular weight excluding hydrogens is 381 g/mol. The largest absolute Gasteiger partial charge is 0.493 e. The second-order valence-corrected chi connectivity index (χ2v) is 7.37. The van der Waals surface area contributed by atoms with E-state index < -0.39 is 20.6 Å². The molecule has 0 heterocycles. The van der Waals surface area contributed by atoms with Gasteiger partial charge in [-0.25, -0.2) is 12.8 Å². The van der Waals surface area contributed by atoms with Gasteiger partial charge in [-0.05, 0) is 55.0 Å². The van der Waals surface area contributed by atoms with E-state index in [9.17, 15) is 18.1 Å². The standard InChI is InChI=1S/C18H15ClFNO4S/c1-3-25-18-16(19)9-12(10-17(18)24-2)8-15(11-21)26(22,23)14-6-4-13(20)5-7-14/h4-10H,3H2,1-2H3/b15-8+. The van der Waals surface area contributed by atoms with Crippen LogP contribution >= 0.6 is 11.6 Å². The van der Waals surface area contributed by atoms with E-state index in [0.717, 1.165) is 24.3 Å². The van der Waals surface area contributed by atoms with Crippen molar-refractivity contribution in [2.24, 2.45) is 0 Å². The molecule has 136 valence electrons. The molecule has 0 aliphatic heterocycles. The van der Waals surface area contributed by atoms with Gasteiger partial charge in [0.2, 0.25) is 9.84 Å². The summed E-state index contributed by atoms with van der Waals surface area (Å²) in [5.41, 5.74) is 0.345. The molecule has 0 amide bonds. The molecule has 0 aliphatic rings. The summed E-state index contributed by atoms with van der Waals surface area (Å²) in [4.78, 5) is -0.693. The Hall–Kier alpha value is -2.56. The van der Waals surface area contributed by atoms with E-state index in [1.54, 1.807) is 13.0 Å². The first-order chi connectivity index (χ1) is 12.3. The minimum absolute atomic E-state index is 0.185. The number of ether oxygens (including phenoxy) is 2. The van der Waals surface area contributed by atoms with Crippen LogP contribution in [0.2, 0.25) is 5.02 Å². The highest BCUT2D eigenvalue weighted by Crippen LogP contribution is 2.37. The van der Waals surface area contributed by atoms with Gasteiger partial charge in [-0.15, -0.1) is 0 Å². The van der Waals surface area contributed by atoms with Crippen molar-refractivity contribution < 1.29 is 22.3 Å². The highest BCUT2D eigenvalue weighted by atomic mass is 35.5. The molecule has 0 bridgehead atoms. The summed E-state index contributed by atoms with van der Waals surface area (Å²) in [6.45, 7) is 2.15. The van der Waals surface area contributed by atoms with Crippen molar-refractivity contribution in [3.8, 4) is 17.6 Å². The molecule has 0 fully saturated rings. The summed E-state index contributed by atoms with van der Waals surface area (Å²) in [7, 11) is -2.68. The first-order valence-electron chi connectivity index (χ1n) is 7.46. The lowest BCUT2D eigenvalue weighted by Gasteiger charge is -2.12. The van der Waals surface area contributed by atoms with Crippen molar-refractivity contribution in [2.45, 2.75) is 11.8 Å². The molecule has 2 aromatic rings. The molecule has 0 N–H and O–H groups in total. The average molecular weight is 396 g/mol. The molecule has 8 heteroatoms. The molecule has 0 spiro atoms. The summed E-state index contributed by atoms with van der Waals surface area (Å²) in [5, 5.41) is 9.53. The number of methoxy groups -OCH3 is 1. The molecular formula is C18H15ClFNO4S. The Kier molecular flexibility index (Phi) is 6.24. The van der Waals surface area contributed by atoms with Crippen molar-refractivity contribution in [1.82, 2.24) is 0 Å². The van der Waals surface area contributed by atoms with Gasteiger partial charge in [0.15, 0.2) is 11.5 Å². The fourth-order valence-corrected chi connectivity index (χ4v) is 3.60. The predicted octanol–water partition coefficient (Wildman–Crippen LogP) is 4.22. The van der Waals surface area contributed by atoms with Crippen LogP contribution in [0.4, 0.5) is 4.39 Å². The third-order valence-electron chi connectivity index (χ3n) is 3.36. The molecule has 0 saturated heterocycles. The zero-order valence-corrected chi connectivity index (χ0v) is 15.6. The van der Waals surface area contributed by atoms with Crippen LogP contribution < -0.4 is 9.47 Å². The minimum Gasteiger partial charge on any atom is -0.493 e. The lowest BCUT2D eigenvalue weighted by Crippen LogP contribution is -2.04. The Morgan fingerprint density at radius 3 is 2.50 bits per heavy atom. The molecule has 2 aromatic carbocycles. The van der Waals surface area contributed by atoms with E-state index in [1.807, 2.05) is 0 Å². The summed E-state index contributed by atoms with van der Waals surface area (Å²) in [6.07, 6.45) is 1.17. The van der Waals surface area contributed by atoms with Gasteiger partial charge < -0.3 is 9.47 Å². The molecule has 0 aliphatic carbocycles. The Morgan fingerprint density at radius 1 is 1.31 bits per heavy atom. The predicted molar refractivity (Wildman–Crippen MR) is 96.3 cm³/mol. The zero-order chi connectivity index (χ0) is 19.3. The van der Waals surface area contributed by atoms with Gasteiger partial charge in [0.25, 0.3) is 0 Å². The maximum Gasteiger partial charge on any atom is 0.216 e. The number of halogens is 2. The van der Waals surface area contributed by atoms with Gasteiger partial charge in [0.05, 0.1) is 23.6 Å². The summed E-state index contributed by atoms with van der Waals surface area (Å²) in [5.74, 6) is 0.0604. The van der Waals surface area contributed by atoms with E-state index in [4.69, 9.17) is 21.1 Å². The Balaban J connectivity index is 2.54. The number of hydrogen-bond donors (Lipinski definition) is 0. The first kappa shape index (κ1) is 19.8. The summed E-state index contributed by atoms with van der Waals surface area (Å²) in [6, 6.07) is 8.86. The number of rotatable bonds is 6. The number of sulfone groups is 1. The van der Waals surface area contributed by atoms with Crippen LogP contribution in [0, 0.1) is 17.1 Å². The fraction of sp³-hybridized carbons (Fsp3) is 0.167. The zero-order valence-electron chi connectivity index (χ0n) is 14.0. The van der Waals surface area contributed by atoms with Crippen molar-refractivity contribution in [2.75, 3.05) is 13.7 Å². The number of nitrogens with zero attached hydrogens (tertiary/aromatic N) is 1. The van der Waals surface area contributed by atoms with E-state index in [1.165, 1.54) is 25.3 Å². The van der Waals surface area contributed by atoms with Crippen LogP contribution in [0.15, 0.2) is 46.2 Å². The maximum absolute atomic E-state index is 13.0. The van der Waals surface area contributed by atoms with Crippen molar-refractivity contribution in [3.63, 3.8) is 0 Å². The number of benzene rings is 2. The Labute approximate surface area is 156 Å². The van der Waals surface area contributed by atoms with E-state index in [-0.39, 0.29) is 9.92 Å². The first-order valence-corrected chi connectivity index (χ1v) is 9.32. The molecule has 0 aromatic heterocycles. The smallest absolute Gasteiger partial charge is 0.216 e. The van der Waals surface area contributed by atoms with Crippen LogP contribution in [0.3, 0.4) is 0 Å². The Morgan fingerprint density at radius 2 is 1.96 bits per heavy atom. The van der Waals surface area contributed by atoms with Gasteiger partial charge in [-0.1, -0.05) is 11.6 Å². The van der Waals surface area contributed by atoms with E-state index >= 15 is 0 Å². The summed E-state index contributed by atoms with van der Waals surface area (Å²) >= 11 is 6.16. The highest BCUT2D eigenvalue weighted by Gasteiger charge is 2.21. The van der Waals surface area contributed by atoms with Crippen molar-refractivity contribution in [1.29, 1.82) is 5.26 Å². The number of nitriles is 1. The fourth-order valence-electron chi connectivity index (χ4n) is 2.17. The number of allylic oxidation sites excluding steroid dienone is 1. The van der Waals surface area contributed by atoms with E-state index in [2.05, 4.69) is 0 Å². The lowest BCUT2D eigenvalue weighted by molar-refractivity contribution is 0.311. The third kappa shape index (κ3) is 4.15. The number of hydrogen-bond acceptors (Lipinski definition) is 5. The van der Waals surface area contributed by atoms with Gasteiger partial charge in [0, 0.05) is 0 Å². The van der Waals surface area contributed by atoms with Crippen molar-refractivity contribution in [3.05, 3.63) is 57.7 Å². The van der Waals surface area contributed by atoms with Gasteiger partial charge in [-0.2, -0.15) is 5.26 Å². The normalized spacial score (nSPS) is 11.7. The second-order valence-electron chi connectivity index (χ2n) is 5.04. The molecule has 0 saturated carbocycles. The third-order valence-corrected chi connectivity index (χ3v) is 5.32. The monoisotopic (exact) mass is 395 g/mol. The molecule has 5 nitrogen and oxygen atoms in total. The lowest BCUT2D eigenvalue weighted by atomic mass is 10.2. The Bertz CT molecular complexity index is 979. The molecule has 26 heavy (non-hydrogen) atoms. The molecule has 2 rings (SSSR count). The molecule has 0 atom stereocenters. The van der Waals surface area contributed by atoms with Crippen molar-refractivity contribution >= 4 is 27.5 Å². The summed E-state index contributed by atoms with van der Waals surface area (Å²) < 4.78 is 48.8. The van der Waals surface area contributed by atoms with Crippen LogP contribution in [0.1, 0.15) is 12.5 Å². The van der Waals surface area contributed by atoms with Crippen LogP contribution in [0.5, 0.6) is 11.5 Å². The minimum atomic E-state index is -4.10.